The second kappa shape index (κ2) is 6.42. The molecule has 0 aliphatic rings. The van der Waals surface area contributed by atoms with Crippen molar-refractivity contribution in [1.29, 1.82) is 0 Å². The number of ether oxygens (including phenoxy) is 1. The van der Waals surface area contributed by atoms with Gasteiger partial charge in [0.05, 0.1) is 5.60 Å². The Morgan fingerprint density at radius 2 is 1.69 bits per heavy atom. The minimum Gasteiger partial charge on any atom is -0.375 e. The van der Waals surface area contributed by atoms with Gasteiger partial charge in [-0.25, -0.2) is 0 Å². The van der Waals surface area contributed by atoms with Crippen LogP contribution in [0.1, 0.15) is 60.3 Å². The monoisotopic (exact) mass is 186 g/mol. The van der Waals surface area contributed by atoms with Crippen LogP contribution in [0.15, 0.2) is 0 Å². The molecule has 13 heavy (non-hydrogen) atoms. The van der Waals surface area contributed by atoms with Gasteiger partial charge >= 0.3 is 0 Å². The molecule has 0 spiro atoms. The summed E-state index contributed by atoms with van der Waals surface area (Å²) in [5.74, 6) is 0.804. The van der Waals surface area contributed by atoms with Crippen LogP contribution in [0.5, 0.6) is 0 Å². The molecule has 0 radical (unpaired) electrons. The maximum absolute atomic E-state index is 5.90. The molecule has 0 rings (SSSR count). The second-order valence-electron chi connectivity index (χ2n) is 4.31. The molecule has 0 aromatic carbocycles. The van der Waals surface area contributed by atoms with E-state index < -0.39 is 0 Å². The average molecular weight is 186 g/mol. The first kappa shape index (κ1) is 13.0. The minimum atomic E-state index is 0.119. The third-order valence-electron chi connectivity index (χ3n) is 3.25. The zero-order valence-corrected chi connectivity index (χ0v) is 10.0. The molecular weight excluding hydrogens is 160 g/mol. The highest BCUT2D eigenvalue weighted by Crippen LogP contribution is 2.20. The SMILES string of the molecule is CCC(C)CCOC(C)(CC)CC. The van der Waals surface area contributed by atoms with E-state index in [0.29, 0.717) is 0 Å². The minimum absolute atomic E-state index is 0.119. The molecule has 80 valence electrons. The van der Waals surface area contributed by atoms with Crippen molar-refractivity contribution in [3.63, 3.8) is 0 Å². The van der Waals surface area contributed by atoms with Crippen LogP contribution in [0.3, 0.4) is 0 Å². The Bertz CT molecular complexity index is 116. The lowest BCUT2D eigenvalue weighted by Gasteiger charge is -2.27. The van der Waals surface area contributed by atoms with E-state index in [0.717, 1.165) is 25.4 Å². The van der Waals surface area contributed by atoms with Gasteiger partial charge in [0.2, 0.25) is 0 Å². The smallest absolute Gasteiger partial charge is 0.0649 e. The summed E-state index contributed by atoms with van der Waals surface area (Å²) < 4.78 is 5.90. The summed E-state index contributed by atoms with van der Waals surface area (Å²) in [6.07, 6.45) is 4.69. The van der Waals surface area contributed by atoms with Crippen molar-refractivity contribution in [2.45, 2.75) is 65.9 Å². The maximum atomic E-state index is 5.90. The largest absolute Gasteiger partial charge is 0.375 e. The van der Waals surface area contributed by atoms with Crippen LogP contribution in [0.25, 0.3) is 0 Å². The first-order valence-electron chi connectivity index (χ1n) is 5.72. The molecule has 0 fully saturated rings. The van der Waals surface area contributed by atoms with Gasteiger partial charge in [0, 0.05) is 6.61 Å². The molecule has 0 saturated carbocycles. The molecule has 1 heteroatoms. The van der Waals surface area contributed by atoms with Gasteiger partial charge in [-0.2, -0.15) is 0 Å². The maximum Gasteiger partial charge on any atom is 0.0649 e. The van der Waals surface area contributed by atoms with Gasteiger partial charge in [0.1, 0.15) is 0 Å². The zero-order chi connectivity index (χ0) is 10.3. The standard InChI is InChI=1S/C12H26O/c1-6-11(4)9-10-13-12(5,7-2)8-3/h11H,6-10H2,1-5H3. The Balaban J connectivity index is 3.61. The van der Waals surface area contributed by atoms with Gasteiger partial charge in [0.25, 0.3) is 0 Å². The second-order valence-corrected chi connectivity index (χ2v) is 4.31. The van der Waals surface area contributed by atoms with Gasteiger partial charge in [-0.3, -0.25) is 0 Å². The predicted molar refractivity (Wildman–Crippen MR) is 59.0 cm³/mol. The summed E-state index contributed by atoms with van der Waals surface area (Å²) in [6, 6.07) is 0. The number of hydrogen-bond donors (Lipinski definition) is 0. The van der Waals surface area contributed by atoms with Crippen LogP contribution in [0, 0.1) is 5.92 Å². The summed E-state index contributed by atoms with van der Waals surface area (Å²) in [7, 11) is 0. The molecule has 0 bridgehead atoms. The molecule has 0 amide bonds. The van der Waals surface area contributed by atoms with E-state index in [4.69, 9.17) is 4.74 Å². The fourth-order valence-electron chi connectivity index (χ4n) is 1.16. The molecule has 0 aromatic heterocycles. The van der Waals surface area contributed by atoms with Crippen LogP contribution >= 0.6 is 0 Å². The first-order chi connectivity index (χ1) is 6.08. The quantitative estimate of drug-likeness (QED) is 0.583. The Morgan fingerprint density at radius 1 is 1.15 bits per heavy atom. The zero-order valence-electron chi connectivity index (χ0n) is 10.0. The molecule has 0 aromatic rings. The Morgan fingerprint density at radius 3 is 2.08 bits per heavy atom. The lowest BCUT2D eigenvalue weighted by atomic mass is 9.99. The molecule has 0 saturated heterocycles. The Kier molecular flexibility index (Phi) is 6.40. The highest BCUT2D eigenvalue weighted by Gasteiger charge is 2.19. The molecular formula is C12H26O. The molecule has 1 unspecified atom stereocenters. The normalized spacial score (nSPS) is 14.5. The van der Waals surface area contributed by atoms with E-state index in [1.165, 1.54) is 12.8 Å². The Hall–Kier alpha value is -0.0400. The van der Waals surface area contributed by atoms with Gasteiger partial charge in [-0.05, 0) is 32.1 Å². The van der Waals surface area contributed by atoms with E-state index in [1.807, 2.05) is 0 Å². The summed E-state index contributed by atoms with van der Waals surface area (Å²) >= 11 is 0. The molecule has 1 atom stereocenters. The first-order valence-corrected chi connectivity index (χ1v) is 5.72. The average Bonchev–Trinajstić information content (AvgIpc) is 2.17. The summed E-state index contributed by atoms with van der Waals surface area (Å²) in [5, 5.41) is 0. The summed E-state index contributed by atoms with van der Waals surface area (Å²) in [4.78, 5) is 0. The fourth-order valence-corrected chi connectivity index (χ4v) is 1.16. The van der Waals surface area contributed by atoms with Gasteiger partial charge < -0.3 is 4.74 Å². The van der Waals surface area contributed by atoms with Crippen molar-refractivity contribution in [3.8, 4) is 0 Å². The van der Waals surface area contributed by atoms with E-state index in [-0.39, 0.29) is 5.60 Å². The lowest BCUT2D eigenvalue weighted by Crippen LogP contribution is -2.27. The molecule has 0 aliphatic heterocycles. The van der Waals surface area contributed by atoms with Gasteiger partial charge in [0.15, 0.2) is 0 Å². The lowest BCUT2D eigenvalue weighted by molar-refractivity contribution is -0.0416. The van der Waals surface area contributed by atoms with Crippen molar-refractivity contribution < 1.29 is 4.74 Å². The fraction of sp³-hybridized carbons (Fsp3) is 1.00. The van der Waals surface area contributed by atoms with E-state index >= 15 is 0 Å². The van der Waals surface area contributed by atoms with Crippen LogP contribution in [-0.4, -0.2) is 12.2 Å². The number of hydrogen-bond acceptors (Lipinski definition) is 1. The third kappa shape index (κ3) is 5.30. The summed E-state index contributed by atoms with van der Waals surface area (Å²) in [5.41, 5.74) is 0.119. The van der Waals surface area contributed by atoms with Crippen molar-refractivity contribution in [2.24, 2.45) is 5.92 Å². The van der Waals surface area contributed by atoms with Crippen LogP contribution in [0.2, 0.25) is 0 Å². The predicted octanol–water partition coefficient (Wildman–Crippen LogP) is 4.02. The van der Waals surface area contributed by atoms with Crippen LogP contribution < -0.4 is 0 Å². The van der Waals surface area contributed by atoms with Gasteiger partial charge in [-0.15, -0.1) is 0 Å². The highest BCUT2D eigenvalue weighted by molar-refractivity contribution is 4.70. The molecule has 0 heterocycles. The molecule has 0 N–H and O–H groups in total. The van der Waals surface area contributed by atoms with Crippen molar-refractivity contribution in [3.05, 3.63) is 0 Å². The van der Waals surface area contributed by atoms with Crippen molar-refractivity contribution >= 4 is 0 Å². The van der Waals surface area contributed by atoms with E-state index in [2.05, 4.69) is 34.6 Å². The van der Waals surface area contributed by atoms with Crippen molar-refractivity contribution in [1.82, 2.24) is 0 Å². The summed E-state index contributed by atoms with van der Waals surface area (Å²) in [6.45, 7) is 12.1. The molecule has 1 nitrogen and oxygen atoms in total. The third-order valence-corrected chi connectivity index (χ3v) is 3.25. The van der Waals surface area contributed by atoms with Crippen LogP contribution in [0.4, 0.5) is 0 Å². The topological polar surface area (TPSA) is 9.23 Å². The van der Waals surface area contributed by atoms with Gasteiger partial charge in [-0.1, -0.05) is 34.1 Å². The number of rotatable bonds is 7. The highest BCUT2D eigenvalue weighted by atomic mass is 16.5. The van der Waals surface area contributed by atoms with E-state index in [1.54, 1.807) is 0 Å². The van der Waals surface area contributed by atoms with Crippen molar-refractivity contribution in [2.75, 3.05) is 6.61 Å². The van der Waals surface area contributed by atoms with Crippen LogP contribution in [-0.2, 0) is 4.74 Å². The Labute approximate surface area is 83.9 Å². The van der Waals surface area contributed by atoms with E-state index in [9.17, 15) is 0 Å². The molecule has 0 aliphatic carbocycles.